The van der Waals surface area contributed by atoms with E-state index in [4.69, 9.17) is 0 Å². The summed E-state index contributed by atoms with van der Waals surface area (Å²) in [5.74, 6) is 0.781. The number of unbranched alkanes of at least 4 members (excludes halogenated alkanes) is 10. The van der Waals surface area contributed by atoms with E-state index in [0.717, 1.165) is 12.5 Å². The van der Waals surface area contributed by atoms with Crippen LogP contribution in [-0.4, -0.2) is 0 Å². The second-order valence-corrected chi connectivity index (χ2v) is 8.18. The second-order valence-electron chi connectivity index (χ2n) is 8.18. The number of aryl methyl sites for hydroxylation is 1. The number of aromatic nitrogens is 1. The van der Waals surface area contributed by atoms with Crippen molar-refractivity contribution < 1.29 is 4.57 Å². The predicted octanol–water partition coefficient (Wildman–Crippen LogP) is 7.97. The van der Waals surface area contributed by atoms with Gasteiger partial charge < -0.3 is 0 Å². The molecule has 1 aromatic heterocycles. The van der Waals surface area contributed by atoms with Gasteiger partial charge in [-0.3, -0.25) is 0 Å². The molecule has 0 aliphatic carbocycles. The molecule has 1 atom stereocenters. The van der Waals surface area contributed by atoms with E-state index >= 15 is 0 Å². The maximum atomic E-state index is 2.40. The maximum absolute atomic E-state index is 2.40. The Balaban J connectivity index is 2.44. The Kier molecular flexibility index (Phi) is 14.6. The SMILES string of the molecule is CCCCCCCCCC(CCCCCC)c1cc[n+](CCCC)cc1. The average molecular weight is 361 g/mol. The third-order valence-corrected chi connectivity index (χ3v) is 5.72. The summed E-state index contributed by atoms with van der Waals surface area (Å²) in [6.07, 6.45) is 25.4. The number of pyridine rings is 1. The van der Waals surface area contributed by atoms with Crippen LogP contribution in [0.1, 0.15) is 129 Å². The Hall–Kier alpha value is -0.850. The molecule has 0 aliphatic rings. The minimum absolute atomic E-state index is 0.781. The molecule has 1 rings (SSSR count). The lowest BCUT2D eigenvalue weighted by Gasteiger charge is -2.17. The fourth-order valence-electron chi connectivity index (χ4n) is 3.87. The summed E-state index contributed by atoms with van der Waals surface area (Å²) in [7, 11) is 0. The molecule has 0 N–H and O–H groups in total. The first kappa shape index (κ1) is 23.2. The van der Waals surface area contributed by atoms with Gasteiger partial charge in [-0.2, -0.15) is 0 Å². The van der Waals surface area contributed by atoms with Crippen molar-refractivity contribution in [2.45, 2.75) is 130 Å². The van der Waals surface area contributed by atoms with Gasteiger partial charge in [0.15, 0.2) is 12.4 Å². The van der Waals surface area contributed by atoms with Crippen LogP contribution >= 0.6 is 0 Å². The lowest BCUT2D eigenvalue weighted by Crippen LogP contribution is -2.32. The van der Waals surface area contributed by atoms with Gasteiger partial charge in [0.25, 0.3) is 0 Å². The Bertz CT molecular complexity index is 409. The minimum atomic E-state index is 0.781. The summed E-state index contributed by atoms with van der Waals surface area (Å²) in [6, 6.07) is 4.81. The summed E-state index contributed by atoms with van der Waals surface area (Å²) in [5, 5.41) is 0. The Morgan fingerprint density at radius 2 is 1.08 bits per heavy atom. The lowest BCUT2D eigenvalue weighted by atomic mass is 9.88. The van der Waals surface area contributed by atoms with Crippen LogP contribution in [0, 0.1) is 0 Å². The molecule has 1 nitrogen and oxygen atoms in total. The van der Waals surface area contributed by atoms with Crippen molar-refractivity contribution in [2.24, 2.45) is 0 Å². The van der Waals surface area contributed by atoms with Crippen molar-refractivity contribution >= 4 is 0 Å². The van der Waals surface area contributed by atoms with Crippen LogP contribution in [0.3, 0.4) is 0 Å². The number of nitrogens with zero attached hydrogens (tertiary/aromatic N) is 1. The van der Waals surface area contributed by atoms with Crippen molar-refractivity contribution in [1.82, 2.24) is 0 Å². The highest BCUT2D eigenvalue weighted by Gasteiger charge is 2.13. The van der Waals surface area contributed by atoms with Crippen LogP contribution in [0.2, 0.25) is 0 Å². The molecule has 0 saturated carbocycles. The largest absolute Gasteiger partial charge is 0.205 e. The van der Waals surface area contributed by atoms with Gasteiger partial charge >= 0.3 is 0 Å². The first-order chi connectivity index (χ1) is 12.8. The van der Waals surface area contributed by atoms with Gasteiger partial charge in [-0.1, -0.05) is 97.8 Å². The van der Waals surface area contributed by atoms with Crippen LogP contribution < -0.4 is 4.57 Å². The number of rotatable bonds is 17. The van der Waals surface area contributed by atoms with Gasteiger partial charge in [-0.25, -0.2) is 4.57 Å². The molecule has 150 valence electrons. The summed E-state index contributed by atoms with van der Waals surface area (Å²) in [5.41, 5.74) is 1.58. The molecule has 1 heterocycles. The van der Waals surface area contributed by atoms with Crippen molar-refractivity contribution in [1.29, 1.82) is 0 Å². The Labute approximate surface area is 164 Å². The summed E-state index contributed by atoms with van der Waals surface area (Å²) < 4.78 is 2.36. The zero-order valence-corrected chi connectivity index (χ0v) is 18.1. The van der Waals surface area contributed by atoms with E-state index in [0.29, 0.717) is 0 Å². The monoisotopic (exact) mass is 360 g/mol. The fourth-order valence-corrected chi connectivity index (χ4v) is 3.87. The molecular formula is C25H46N+. The maximum Gasteiger partial charge on any atom is 0.169 e. The van der Waals surface area contributed by atoms with E-state index in [2.05, 4.69) is 49.9 Å². The smallest absolute Gasteiger partial charge is 0.169 e. The van der Waals surface area contributed by atoms with Crippen molar-refractivity contribution in [3.63, 3.8) is 0 Å². The first-order valence-electron chi connectivity index (χ1n) is 11.8. The second kappa shape index (κ2) is 16.3. The molecule has 26 heavy (non-hydrogen) atoms. The van der Waals surface area contributed by atoms with Crippen molar-refractivity contribution in [3.8, 4) is 0 Å². The third kappa shape index (κ3) is 11.0. The topological polar surface area (TPSA) is 3.88 Å². The van der Waals surface area contributed by atoms with Gasteiger partial charge in [0.1, 0.15) is 6.54 Å². The number of hydrogen-bond acceptors (Lipinski definition) is 0. The molecule has 0 fully saturated rings. The molecule has 1 aromatic rings. The quantitative estimate of drug-likeness (QED) is 0.196. The molecule has 0 aliphatic heterocycles. The van der Waals surface area contributed by atoms with E-state index in [-0.39, 0.29) is 0 Å². The molecule has 1 heteroatoms. The van der Waals surface area contributed by atoms with Gasteiger partial charge in [0, 0.05) is 18.6 Å². The predicted molar refractivity (Wildman–Crippen MR) is 116 cm³/mol. The first-order valence-corrected chi connectivity index (χ1v) is 11.8. The summed E-state index contributed by atoms with van der Waals surface area (Å²) >= 11 is 0. The highest BCUT2D eigenvalue weighted by atomic mass is 14.9. The van der Waals surface area contributed by atoms with Crippen LogP contribution in [-0.2, 0) is 6.54 Å². The van der Waals surface area contributed by atoms with E-state index in [1.807, 2.05) is 0 Å². The Morgan fingerprint density at radius 3 is 1.62 bits per heavy atom. The minimum Gasteiger partial charge on any atom is -0.205 e. The fraction of sp³-hybridized carbons (Fsp3) is 0.800. The molecule has 0 aromatic carbocycles. The molecule has 0 spiro atoms. The molecule has 0 bridgehead atoms. The Morgan fingerprint density at radius 1 is 0.615 bits per heavy atom. The van der Waals surface area contributed by atoms with Crippen LogP contribution in [0.15, 0.2) is 24.5 Å². The van der Waals surface area contributed by atoms with Gasteiger partial charge in [0.2, 0.25) is 0 Å². The molecule has 0 saturated heterocycles. The average Bonchev–Trinajstić information content (AvgIpc) is 2.67. The summed E-state index contributed by atoms with van der Waals surface area (Å²) in [6.45, 7) is 8.04. The number of hydrogen-bond donors (Lipinski definition) is 0. The lowest BCUT2D eigenvalue weighted by molar-refractivity contribution is -0.697. The van der Waals surface area contributed by atoms with Gasteiger partial charge in [-0.05, 0) is 24.3 Å². The van der Waals surface area contributed by atoms with Gasteiger partial charge in [-0.15, -0.1) is 0 Å². The van der Waals surface area contributed by atoms with Crippen LogP contribution in [0.4, 0.5) is 0 Å². The van der Waals surface area contributed by atoms with E-state index < -0.39 is 0 Å². The van der Waals surface area contributed by atoms with E-state index in [1.54, 1.807) is 5.56 Å². The molecule has 1 unspecified atom stereocenters. The molecule has 0 amide bonds. The zero-order chi connectivity index (χ0) is 18.9. The van der Waals surface area contributed by atoms with Crippen molar-refractivity contribution in [2.75, 3.05) is 0 Å². The van der Waals surface area contributed by atoms with Crippen LogP contribution in [0.5, 0.6) is 0 Å². The van der Waals surface area contributed by atoms with Crippen LogP contribution in [0.25, 0.3) is 0 Å². The third-order valence-electron chi connectivity index (χ3n) is 5.72. The van der Waals surface area contributed by atoms with Gasteiger partial charge in [0.05, 0.1) is 0 Å². The highest BCUT2D eigenvalue weighted by Crippen LogP contribution is 2.28. The highest BCUT2D eigenvalue weighted by molar-refractivity contribution is 5.13. The normalized spacial score (nSPS) is 12.4. The molecule has 0 radical (unpaired) electrons. The van der Waals surface area contributed by atoms with Crippen molar-refractivity contribution in [3.05, 3.63) is 30.1 Å². The van der Waals surface area contributed by atoms with E-state index in [9.17, 15) is 0 Å². The standard InChI is InChI=1S/C25H46N/c1-4-7-10-12-13-14-16-18-24(17-15-11-8-5-2)25-19-22-26(23-20-25)21-9-6-3/h19-20,22-24H,4-18,21H2,1-3H3/q+1. The molecular weight excluding hydrogens is 314 g/mol. The zero-order valence-electron chi connectivity index (χ0n) is 18.1. The van der Waals surface area contributed by atoms with E-state index in [1.165, 1.54) is 96.3 Å². The summed E-state index contributed by atoms with van der Waals surface area (Å²) in [4.78, 5) is 0.